The van der Waals surface area contributed by atoms with Crippen molar-refractivity contribution < 1.29 is 19.4 Å². The highest BCUT2D eigenvalue weighted by molar-refractivity contribution is 5.75. The Morgan fingerprint density at radius 1 is 1.35 bits per heavy atom. The number of aliphatic carboxylic acids is 1. The predicted octanol–water partition coefficient (Wildman–Crippen LogP) is -0.0359. The van der Waals surface area contributed by atoms with Crippen LogP contribution in [0.4, 0.5) is 4.79 Å². The highest BCUT2D eigenvalue weighted by Crippen LogP contribution is 2.19. The third kappa shape index (κ3) is 3.61. The molecule has 2 saturated heterocycles. The lowest BCUT2D eigenvalue weighted by Gasteiger charge is -2.38. The molecule has 2 amide bonds. The van der Waals surface area contributed by atoms with Gasteiger partial charge in [0.25, 0.3) is 0 Å². The summed E-state index contributed by atoms with van der Waals surface area (Å²) in [4.78, 5) is 26.9. The van der Waals surface area contributed by atoms with Crippen LogP contribution in [0.15, 0.2) is 0 Å². The van der Waals surface area contributed by atoms with Gasteiger partial charge in [-0.2, -0.15) is 0 Å². The van der Waals surface area contributed by atoms with Crippen LogP contribution in [0.5, 0.6) is 0 Å². The molecule has 114 valence electrons. The zero-order chi connectivity index (χ0) is 14.7. The number of urea groups is 1. The van der Waals surface area contributed by atoms with Crippen molar-refractivity contribution in [2.45, 2.75) is 38.0 Å². The lowest BCUT2D eigenvalue weighted by atomic mass is 10.2. The largest absolute Gasteiger partial charge is 0.479 e. The Hall–Kier alpha value is -1.34. The molecule has 2 rings (SSSR count). The summed E-state index contributed by atoms with van der Waals surface area (Å²) in [5.41, 5.74) is 0. The van der Waals surface area contributed by atoms with Gasteiger partial charge in [0.1, 0.15) is 0 Å². The second-order valence-corrected chi connectivity index (χ2v) is 5.65. The second-order valence-electron chi connectivity index (χ2n) is 5.65. The normalized spacial score (nSPS) is 31.3. The summed E-state index contributed by atoms with van der Waals surface area (Å²) >= 11 is 0. The van der Waals surface area contributed by atoms with Gasteiger partial charge < -0.3 is 25.0 Å². The van der Waals surface area contributed by atoms with Crippen LogP contribution in [-0.2, 0) is 9.53 Å². The van der Waals surface area contributed by atoms with E-state index in [2.05, 4.69) is 10.2 Å². The second kappa shape index (κ2) is 6.41. The molecule has 0 spiro atoms. The standard InChI is InChI=1S/C13H23N3O4/c1-9-8-15(2)5-6-16(9)13(19)14-7-10-3-4-11(20-10)12(17)18/h9-11H,3-8H2,1-2H3,(H,14,19)(H,17,18). The van der Waals surface area contributed by atoms with Gasteiger partial charge in [-0.15, -0.1) is 0 Å². The van der Waals surface area contributed by atoms with Crippen LogP contribution in [0.25, 0.3) is 0 Å². The Morgan fingerprint density at radius 2 is 2.10 bits per heavy atom. The fraction of sp³-hybridized carbons (Fsp3) is 0.846. The Kier molecular flexibility index (Phi) is 4.82. The molecule has 2 aliphatic heterocycles. The molecular weight excluding hydrogens is 262 g/mol. The SMILES string of the molecule is CC1CN(C)CCN1C(=O)NCC1CCC(C(=O)O)O1. The van der Waals surface area contributed by atoms with Gasteiger partial charge in [0.15, 0.2) is 6.10 Å². The van der Waals surface area contributed by atoms with Crippen molar-refractivity contribution >= 4 is 12.0 Å². The van der Waals surface area contributed by atoms with Gasteiger partial charge in [-0.05, 0) is 26.8 Å². The maximum absolute atomic E-state index is 12.1. The summed E-state index contributed by atoms with van der Waals surface area (Å²) in [6, 6.07) is 0.0954. The molecule has 7 nitrogen and oxygen atoms in total. The number of rotatable bonds is 3. The maximum atomic E-state index is 12.1. The Morgan fingerprint density at radius 3 is 2.70 bits per heavy atom. The summed E-state index contributed by atoms with van der Waals surface area (Å²) < 4.78 is 5.36. The molecular formula is C13H23N3O4. The zero-order valence-corrected chi connectivity index (χ0v) is 12.0. The number of carbonyl (C=O) groups excluding carboxylic acids is 1. The molecule has 2 fully saturated rings. The van der Waals surface area contributed by atoms with Crippen LogP contribution >= 0.6 is 0 Å². The monoisotopic (exact) mass is 285 g/mol. The Labute approximate surface area is 118 Å². The van der Waals surface area contributed by atoms with Crippen molar-refractivity contribution in [2.75, 3.05) is 33.2 Å². The number of nitrogens with zero attached hydrogens (tertiary/aromatic N) is 2. The molecule has 2 aliphatic rings. The fourth-order valence-electron chi connectivity index (χ4n) is 2.78. The van der Waals surface area contributed by atoms with Crippen LogP contribution in [0.3, 0.4) is 0 Å². The molecule has 3 unspecified atom stereocenters. The van der Waals surface area contributed by atoms with Crippen LogP contribution in [0, 0.1) is 0 Å². The minimum absolute atomic E-state index is 0.0898. The summed E-state index contributed by atoms with van der Waals surface area (Å²) in [6.45, 7) is 4.86. The van der Waals surface area contributed by atoms with Crippen molar-refractivity contribution in [3.05, 3.63) is 0 Å². The number of likely N-dealkylation sites (N-methyl/N-ethyl adjacent to an activating group) is 1. The molecule has 2 N–H and O–H groups in total. The first-order valence-electron chi connectivity index (χ1n) is 7.08. The first kappa shape index (κ1) is 15.1. The third-order valence-electron chi connectivity index (χ3n) is 3.96. The van der Waals surface area contributed by atoms with E-state index in [9.17, 15) is 9.59 Å². The van der Waals surface area contributed by atoms with Gasteiger partial charge in [-0.25, -0.2) is 9.59 Å². The number of amides is 2. The number of nitrogens with one attached hydrogen (secondary N) is 1. The summed E-state index contributed by atoms with van der Waals surface area (Å²) in [5, 5.41) is 11.7. The van der Waals surface area contributed by atoms with Crippen molar-refractivity contribution in [2.24, 2.45) is 0 Å². The number of piperazine rings is 1. The minimum Gasteiger partial charge on any atom is -0.479 e. The van der Waals surface area contributed by atoms with Crippen molar-refractivity contribution in [3.63, 3.8) is 0 Å². The van der Waals surface area contributed by atoms with Gasteiger partial charge >= 0.3 is 12.0 Å². The molecule has 0 aromatic heterocycles. The number of carboxylic acid groups (broad SMARTS) is 1. The number of hydrogen-bond acceptors (Lipinski definition) is 4. The third-order valence-corrected chi connectivity index (χ3v) is 3.96. The minimum atomic E-state index is -0.925. The predicted molar refractivity (Wildman–Crippen MR) is 72.6 cm³/mol. The molecule has 7 heteroatoms. The number of ether oxygens (including phenoxy) is 1. The average molecular weight is 285 g/mol. The van der Waals surface area contributed by atoms with Crippen LogP contribution in [0.2, 0.25) is 0 Å². The summed E-state index contributed by atoms with van der Waals surface area (Å²) in [6.07, 6.45) is 0.276. The van der Waals surface area contributed by atoms with Gasteiger partial charge in [0.2, 0.25) is 0 Å². The fourth-order valence-corrected chi connectivity index (χ4v) is 2.78. The van der Waals surface area contributed by atoms with E-state index >= 15 is 0 Å². The molecule has 20 heavy (non-hydrogen) atoms. The van der Waals surface area contributed by atoms with Crippen molar-refractivity contribution in [1.29, 1.82) is 0 Å². The maximum Gasteiger partial charge on any atom is 0.332 e. The molecule has 0 saturated carbocycles. The topological polar surface area (TPSA) is 82.1 Å². The van der Waals surface area contributed by atoms with E-state index < -0.39 is 12.1 Å². The molecule has 0 radical (unpaired) electrons. The van der Waals surface area contributed by atoms with Gasteiger partial charge in [-0.1, -0.05) is 0 Å². The molecule has 3 atom stereocenters. The quantitative estimate of drug-likeness (QED) is 0.760. The lowest BCUT2D eigenvalue weighted by Crippen LogP contribution is -2.56. The van der Waals surface area contributed by atoms with E-state index in [0.717, 1.165) is 13.1 Å². The summed E-state index contributed by atoms with van der Waals surface area (Å²) in [7, 11) is 2.05. The molecule has 0 bridgehead atoms. The van der Waals surface area contributed by atoms with Gasteiger partial charge in [0, 0.05) is 32.2 Å². The lowest BCUT2D eigenvalue weighted by molar-refractivity contribution is -0.149. The van der Waals surface area contributed by atoms with Crippen LogP contribution in [-0.4, -0.2) is 78.4 Å². The molecule has 0 aromatic carbocycles. The molecule has 0 aliphatic carbocycles. The first-order chi connectivity index (χ1) is 9.47. The number of carbonyl (C=O) groups is 2. The zero-order valence-electron chi connectivity index (χ0n) is 12.0. The van der Waals surface area contributed by atoms with E-state index in [-0.39, 0.29) is 18.2 Å². The van der Waals surface area contributed by atoms with E-state index in [1.165, 1.54) is 0 Å². The van der Waals surface area contributed by atoms with E-state index in [0.29, 0.717) is 25.9 Å². The van der Waals surface area contributed by atoms with Gasteiger partial charge in [0.05, 0.1) is 6.10 Å². The van der Waals surface area contributed by atoms with Crippen molar-refractivity contribution in [3.8, 4) is 0 Å². The van der Waals surface area contributed by atoms with E-state index in [1.54, 1.807) is 0 Å². The first-order valence-corrected chi connectivity index (χ1v) is 7.08. The molecule has 2 heterocycles. The Bertz CT molecular complexity index is 377. The number of carboxylic acids is 1. The number of hydrogen-bond donors (Lipinski definition) is 2. The molecule has 0 aromatic rings. The highest BCUT2D eigenvalue weighted by Gasteiger charge is 2.31. The van der Waals surface area contributed by atoms with E-state index in [1.807, 2.05) is 18.9 Å². The Balaban J connectivity index is 1.74. The smallest absolute Gasteiger partial charge is 0.332 e. The average Bonchev–Trinajstić information content (AvgIpc) is 2.85. The summed E-state index contributed by atoms with van der Waals surface area (Å²) in [5.74, 6) is -0.925. The van der Waals surface area contributed by atoms with Crippen LogP contribution in [0.1, 0.15) is 19.8 Å². The highest BCUT2D eigenvalue weighted by atomic mass is 16.5. The van der Waals surface area contributed by atoms with Crippen molar-refractivity contribution in [1.82, 2.24) is 15.1 Å². The van der Waals surface area contributed by atoms with Gasteiger partial charge in [-0.3, -0.25) is 0 Å². The van der Waals surface area contributed by atoms with Crippen LogP contribution < -0.4 is 5.32 Å². The van der Waals surface area contributed by atoms with E-state index in [4.69, 9.17) is 9.84 Å².